The third kappa shape index (κ3) is 63.4. The number of carbonyl (C=O) groups is 4. The van der Waals surface area contributed by atoms with E-state index in [4.69, 9.17) is 37.0 Å². The number of aliphatic hydroxyl groups excluding tert-OH is 1. The Balaban J connectivity index is 5.31. The van der Waals surface area contributed by atoms with Gasteiger partial charge in [-0.15, -0.1) is 0 Å². The van der Waals surface area contributed by atoms with Gasteiger partial charge in [0.1, 0.15) is 19.3 Å². The quantitative estimate of drug-likeness (QED) is 0.0169. The second kappa shape index (κ2) is 62.4. The van der Waals surface area contributed by atoms with Gasteiger partial charge in [0.15, 0.2) is 12.2 Å². The Kier molecular flexibility index (Phi) is 60.7. The normalized spacial score (nSPS) is 14.9. The first-order chi connectivity index (χ1) is 43.8. The summed E-state index contributed by atoms with van der Waals surface area (Å²) in [6, 6.07) is 0. The van der Waals surface area contributed by atoms with Gasteiger partial charge in [-0.2, -0.15) is 0 Å². The molecule has 0 amide bonds. The summed E-state index contributed by atoms with van der Waals surface area (Å²) in [6.45, 7) is 11.8. The van der Waals surface area contributed by atoms with E-state index >= 15 is 0 Å². The molecule has 0 radical (unpaired) electrons. The van der Waals surface area contributed by atoms with Crippen molar-refractivity contribution < 1.29 is 80.2 Å². The van der Waals surface area contributed by atoms with Crippen molar-refractivity contribution in [3.63, 3.8) is 0 Å². The fourth-order valence-electron chi connectivity index (χ4n) is 10.3. The molecular formula is C72H136O17P2. The van der Waals surface area contributed by atoms with Crippen LogP contribution in [0.5, 0.6) is 0 Å². The molecule has 0 aliphatic heterocycles. The molecule has 19 heteroatoms. The predicted molar refractivity (Wildman–Crippen MR) is 367 cm³/mol. The summed E-state index contributed by atoms with van der Waals surface area (Å²) < 4.78 is 68.3. The molecule has 3 N–H and O–H groups in total. The predicted octanol–water partition coefficient (Wildman–Crippen LogP) is 20.2. The van der Waals surface area contributed by atoms with Gasteiger partial charge < -0.3 is 33.8 Å². The molecule has 0 spiro atoms. The molecule has 91 heavy (non-hydrogen) atoms. The lowest BCUT2D eigenvalue weighted by molar-refractivity contribution is -0.161. The van der Waals surface area contributed by atoms with E-state index in [0.717, 1.165) is 121 Å². The summed E-state index contributed by atoms with van der Waals surface area (Å²) in [5.74, 6) is 0.122. The van der Waals surface area contributed by atoms with Gasteiger partial charge in [-0.05, 0) is 69.1 Å². The summed E-state index contributed by atoms with van der Waals surface area (Å²) >= 11 is 0. The minimum absolute atomic E-state index is 0.0843. The van der Waals surface area contributed by atoms with Gasteiger partial charge >= 0.3 is 39.5 Å². The van der Waals surface area contributed by atoms with Gasteiger partial charge in [0.2, 0.25) is 0 Å². The molecule has 0 aromatic rings. The van der Waals surface area contributed by atoms with Crippen LogP contribution < -0.4 is 0 Å². The van der Waals surface area contributed by atoms with Crippen LogP contribution in [0.1, 0.15) is 337 Å². The zero-order valence-corrected chi connectivity index (χ0v) is 60.6. The maximum Gasteiger partial charge on any atom is 0.472 e. The molecule has 0 aliphatic rings. The molecule has 17 nitrogen and oxygen atoms in total. The number of hydrogen-bond donors (Lipinski definition) is 3. The highest BCUT2D eigenvalue weighted by Gasteiger charge is 2.30. The number of ether oxygens (including phenoxy) is 4. The van der Waals surface area contributed by atoms with Crippen molar-refractivity contribution in [2.24, 2.45) is 17.8 Å². The molecule has 7 atom stereocenters. The molecule has 0 aliphatic carbocycles. The second-order valence-corrected chi connectivity index (χ2v) is 29.2. The lowest BCUT2D eigenvalue weighted by Crippen LogP contribution is -2.30. The van der Waals surface area contributed by atoms with Crippen LogP contribution in [-0.4, -0.2) is 96.7 Å². The zero-order chi connectivity index (χ0) is 67.3. The number of allylic oxidation sites excluding steroid dienone is 4. The van der Waals surface area contributed by atoms with Crippen LogP contribution in [0.15, 0.2) is 24.3 Å². The molecular weight excluding hydrogens is 1200 g/mol. The monoisotopic (exact) mass is 1330 g/mol. The topological polar surface area (TPSA) is 237 Å². The number of aliphatic hydroxyl groups is 1. The second-order valence-electron chi connectivity index (χ2n) is 26.3. The van der Waals surface area contributed by atoms with Crippen LogP contribution in [0.25, 0.3) is 0 Å². The van der Waals surface area contributed by atoms with Gasteiger partial charge in [0, 0.05) is 25.7 Å². The Labute approximate surface area is 554 Å². The van der Waals surface area contributed by atoms with E-state index in [1.165, 1.54) is 128 Å². The highest BCUT2D eigenvalue weighted by Crippen LogP contribution is 2.45. The summed E-state index contributed by atoms with van der Waals surface area (Å²) in [5, 5.41) is 10.6. The van der Waals surface area contributed by atoms with Gasteiger partial charge in [-0.25, -0.2) is 9.13 Å². The van der Waals surface area contributed by atoms with Crippen molar-refractivity contribution >= 4 is 39.5 Å². The van der Waals surface area contributed by atoms with E-state index in [-0.39, 0.29) is 25.7 Å². The molecule has 0 saturated heterocycles. The minimum Gasteiger partial charge on any atom is -0.462 e. The van der Waals surface area contributed by atoms with E-state index < -0.39 is 97.5 Å². The van der Waals surface area contributed by atoms with Crippen molar-refractivity contribution in [1.82, 2.24) is 0 Å². The molecule has 0 saturated carbocycles. The molecule has 0 fully saturated rings. The van der Waals surface area contributed by atoms with Crippen LogP contribution in [0.2, 0.25) is 0 Å². The Morgan fingerprint density at radius 3 is 0.978 bits per heavy atom. The van der Waals surface area contributed by atoms with E-state index in [9.17, 15) is 43.2 Å². The number of rotatable bonds is 68. The maximum atomic E-state index is 13.0. The number of phosphoric acid groups is 2. The third-order valence-electron chi connectivity index (χ3n) is 16.7. The summed E-state index contributed by atoms with van der Waals surface area (Å²) in [6.07, 6.45) is 49.3. The van der Waals surface area contributed by atoms with E-state index in [1.54, 1.807) is 0 Å². The van der Waals surface area contributed by atoms with Gasteiger partial charge in [0.05, 0.1) is 26.4 Å². The highest BCUT2D eigenvalue weighted by molar-refractivity contribution is 7.47. The van der Waals surface area contributed by atoms with Crippen molar-refractivity contribution in [3.05, 3.63) is 24.3 Å². The largest absolute Gasteiger partial charge is 0.472 e. The Morgan fingerprint density at radius 1 is 0.363 bits per heavy atom. The Hall–Kier alpha value is -2.46. The lowest BCUT2D eigenvalue weighted by atomic mass is 9.99. The third-order valence-corrected chi connectivity index (χ3v) is 18.6. The van der Waals surface area contributed by atoms with Crippen molar-refractivity contribution in [2.75, 3.05) is 39.6 Å². The van der Waals surface area contributed by atoms with Crippen molar-refractivity contribution in [2.45, 2.75) is 356 Å². The Bertz CT molecular complexity index is 1880. The summed E-state index contributed by atoms with van der Waals surface area (Å²) in [7, 11) is -9.92. The lowest BCUT2D eigenvalue weighted by Gasteiger charge is -2.21. The summed E-state index contributed by atoms with van der Waals surface area (Å²) in [4.78, 5) is 72.6. The van der Waals surface area contributed by atoms with E-state index in [1.807, 2.05) is 0 Å². The number of hydrogen-bond acceptors (Lipinski definition) is 15. The summed E-state index contributed by atoms with van der Waals surface area (Å²) in [5.41, 5.74) is 0. The molecule has 0 aromatic heterocycles. The highest BCUT2D eigenvalue weighted by atomic mass is 31.2. The average molecular weight is 1340 g/mol. The molecule has 0 rings (SSSR count). The van der Waals surface area contributed by atoms with Crippen LogP contribution in [-0.2, 0) is 65.4 Å². The smallest absolute Gasteiger partial charge is 0.462 e. The van der Waals surface area contributed by atoms with Gasteiger partial charge in [-0.1, -0.05) is 285 Å². The fourth-order valence-corrected chi connectivity index (χ4v) is 11.9. The fraction of sp³-hybridized carbons (Fsp3) is 0.889. The maximum absolute atomic E-state index is 13.0. The average Bonchev–Trinajstić information content (AvgIpc) is 3.31. The first kappa shape index (κ1) is 88.5. The number of carbonyl (C=O) groups excluding carboxylic acids is 4. The standard InChI is InChI=1S/C72H136O17P2/c1-8-11-12-13-14-15-16-17-18-19-20-25-33-41-48-55-71(76)88-67(59-82-69(74)53-46-39-32-24-22-21-23-30-37-44-51-64(6)9-2)61-86-90(78,79)84-57-66(73)58-85-91(80,81)87-62-68(60-83-70(75)54-47-40-35-28-29-36-43-50-63(4)5)89-72(77)56-49-42-34-27-26-31-38-45-52-65(7)10-3/h15-18,63-68,73H,8-14,19-62H2,1-7H3,(H,78,79)(H,80,81)/b16-15-,18-17-/t64?,65?,66?,67-,68-/m1/s1. The molecule has 5 unspecified atom stereocenters. The van der Waals surface area contributed by atoms with Gasteiger partial charge in [-0.3, -0.25) is 37.3 Å². The van der Waals surface area contributed by atoms with Crippen LogP contribution >= 0.6 is 15.6 Å². The Morgan fingerprint density at radius 2 is 0.648 bits per heavy atom. The van der Waals surface area contributed by atoms with Gasteiger partial charge in [0.25, 0.3) is 0 Å². The van der Waals surface area contributed by atoms with Crippen LogP contribution in [0, 0.1) is 17.8 Å². The number of phosphoric ester groups is 2. The molecule has 0 bridgehead atoms. The molecule has 0 aromatic carbocycles. The van der Waals surface area contributed by atoms with Crippen LogP contribution in [0.3, 0.4) is 0 Å². The minimum atomic E-state index is -4.96. The van der Waals surface area contributed by atoms with E-state index in [0.29, 0.717) is 31.6 Å². The molecule has 536 valence electrons. The van der Waals surface area contributed by atoms with Crippen molar-refractivity contribution in [3.8, 4) is 0 Å². The van der Waals surface area contributed by atoms with Crippen molar-refractivity contribution in [1.29, 1.82) is 0 Å². The van der Waals surface area contributed by atoms with E-state index in [2.05, 4.69) is 72.8 Å². The first-order valence-corrected chi connectivity index (χ1v) is 39.7. The van der Waals surface area contributed by atoms with Crippen LogP contribution in [0.4, 0.5) is 0 Å². The number of unbranched alkanes of at least 4 members (excludes halogenated alkanes) is 31. The zero-order valence-electron chi connectivity index (χ0n) is 58.8. The SMILES string of the molecule is CCCCCC/C=C\C=C/CCCCCCCC(=O)O[C@H](COC(=O)CCCCCCCCCCCCC(C)CC)COP(=O)(O)OCC(O)COP(=O)(O)OC[C@@H](COC(=O)CCCCCCCCCC(C)C)OC(=O)CCCCCCCCCCC(C)CC. The first-order valence-electron chi connectivity index (χ1n) is 36.7. The number of esters is 4. The molecule has 0 heterocycles.